The maximum atomic E-state index is 11.9. The molecule has 0 aromatic heterocycles. The lowest BCUT2D eigenvalue weighted by Crippen LogP contribution is -2.51. The number of fused-ring (bicyclic) bond motifs is 5. The zero-order valence-electron chi connectivity index (χ0n) is 22.2. The maximum Gasteiger partial charge on any atom is 0.305 e. The molecule has 3 saturated carbocycles. The Hall–Kier alpha value is -1.12. The average molecular weight is 456 g/mol. The summed E-state index contributed by atoms with van der Waals surface area (Å²) in [5.41, 5.74) is 2.40. The molecule has 4 aliphatic rings. The van der Waals surface area contributed by atoms with E-state index in [0.717, 1.165) is 49.0 Å². The first-order valence-corrected chi connectivity index (χ1v) is 14.1. The molecule has 0 aromatic carbocycles. The van der Waals surface area contributed by atoms with E-state index in [-0.39, 0.29) is 12.1 Å². The maximum absolute atomic E-state index is 11.9. The molecule has 0 radical (unpaired) electrons. The van der Waals surface area contributed by atoms with Crippen LogP contribution < -0.4 is 0 Å². The minimum absolute atomic E-state index is 0.0369. The second kappa shape index (κ2) is 9.86. The van der Waals surface area contributed by atoms with Crippen LogP contribution >= 0.6 is 0 Å². The summed E-state index contributed by atoms with van der Waals surface area (Å²) in [5.74, 6) is 4.59. The molecule has 0 aromatic rings. The van der Waals surface area contributed by atoms with Crippen LogP contribution in [0.25, 0.3) is 0 Å². The number of rotatable bonds is 7. The van der Waals surface area contributed by atoms with Crippen molar-refractivity contribution in [2.75, 3.05) is 6.54 Å². The topological polar surface area (TPSA) is 38.7 Å². The first-order chi connectivity index (χ1) is 15.7. The van der Waals surface area contributed by atoms with Gasteiger partial charge in [0, 0.05) is 25.6 Å². The second-order valence-corrected chi connectivity index (χ2v) is 12.8. The predicted octanol–water partition coefficient (Wildman–Crippen LogP) is 7.64. The quantitative estimate of drug-likeness (QED) is 0.225. The largest absolute Gasteiger partial charge is 0.462 e. The van der Waals surface area contributed by atoms with Crippen molar-refractivity contribution in [2.45, 2.75) is 112 Å². The van der Waals surface area contributed by atoms with Gasteiger partial charge in [0.2, 0.25) is 0 Å². The van der Waals surface area contributed by atoms with E-state index >= 15 is 0 Å². The summed E-state index contributed by atoms with van der Waals surface area (Å²) in [5, 5.41) is 0. The first-order valence-electron chi connectivity index (χ1n) is 14.1. The summed E-state index contributed by atoms with van der Waals surface area (Å²) in [7, 11) is 0. The summed E-state index contributed by atoms with van der Waals surface area (Å²) in [6, 6.07) is 0. The summed E-state index contributed by atoms with van der Waals surface area (Å²) in [6.07, 6.45) is 16.7. The van der Waals surface area contributed by atoms with Crippen LogP contribution in [0.1, 0.15) is 106 Å². The van der Waals surface area contributed by atoms with Crippen LogP contribution in [0.4, 0.5) is 0 Å². The Kier molecular flexibility index (Phi) is 7.47. The Bertz CT molecular complexity index is 769. The van der Waals surface area contributed by atoms with Gasteiger partial charge in [-0.3, -0.25) is 9.79 Å². The number of carbonyl (C=O) groups is 1. The Labute approximate surface area is 203 Å². The van der Waals surface area contributed by atoms with Gasteiger partial charge in [-0.2, -0.15) is 0 Å². The zero-order chi connectivity index (χ0) is 23.8. The Morgan fingerprint density at radius 2 is 1.94 bits per heavy atom. The SMILES string of the molecule is CCC(=O)O[C@H]1CC[C@@]2(C)C(=CC[C@H]3C4CC[C@H]([C@H](C)/C=N/CCC(C)C)[C@@]4(C)CC[C@@H]32)C1. The van der Waals surface area contributed by atoms with Crippen molar-refractivity contribution in [3.63, 3.8) is 0 Å². The van der Waals surface area contributed by atoms with Crippen LogP contribution in [0.3, 0.4) is 0 Å². The molecule has 4 rings (SSSR count). The van der Waals surface area contributed by atoms with Crippen LogP contribution in [0.15, 0.2) is 16.6 Å². The summed E-state index contributed by atoms with van der Waals surface area (Å²) in [6.45, 7) is 15.1. The van der Waals surface area contributed by atoms with Gasteiger partial charge in [-0.15, -0.1) is 0 Å². The smallest absolute Gasteiger partial charge is 0.305 e. The van der Waals surface area contributed by atoms with Crippen LogP contribution in [-0.2, 0) is 9.53 Å². The van der Waals surface area contributed by atoms with Crippen molar-refractivity contribution < 1.29 is 9.53 Å². The summed E-state index contributed by atoms with van der Waals surface area (Å²) in [4.78, 5) is 16.7. The van der Waals surface area contributed by atoms with E-state index in [0.29, 0.717) is 23.2 Å². The highest BCUT2D eigenvalue weighted by molar-refractivity contribution is 5.69. The minimum atomic E-state index is -0.0369. The Balaban J connectivity index is 1.45. The third kappa shape index (κ3) is 4.72. The van der Waals surface area contributed by atoms with E-state index in [2.05, 4.69) is 46.9 Å². The fourth-order valence-corrected chi connectivity index (χ4v) is 8.58. The molecule has 8 atom stereocenters. The highest BCUT2D eigenvalue weighted by Crippen LogP contribution is 2.67. The number of ether oxygens (including phenoxy) is 1. The van der Waals surface area contributed by atoms with Gasteiger partial charge in [0.25, 0.3) is 0 Å². The van der Waals surface area contributed by atoms with Crippen molar-refractivity contribution in [1.82, 2.24) is 0 Å². The Morgan fingerprint density at radius 1 is 1.15 bits per heavy atom. The van der Waals surface area contributed by atoms with Crippen molar-refractivity contribution in [1.29, 1.82) is 0 Å². The molecule has 4 aliphatic carbocycles. The molecule has 33 heavy (non-hydrogen) atoms. The van der Waals surface area contributed by atoms with Crippen LogP contribution in [0, 0.1) is 46.3 Å². The third-order valence-corrected chi connectivity index (χ3v) is 10.5. The molecule has 3 fully saturated rings. The Morgan fingerprint density at radius 3 is 2.67 bits per heavy atom. The fraction of sp³-hybridized carbons (Fsp3) is 0.867. The molecule has 3 heteroatoms. The third-order valence-electron chi connectivity index (χ3n) is 10.5. The van der Waals surface area contributed by atoms with Gasteiger partial charge >= 0.3 is 5.97 Å². The lowest BCUT2D eigenvalue weighted by molar-refractivity contribution is -0.151. The van der Waals surface area contributed by atoms with Gasteiger partial charge in [0.15, 0.2) is 0 Å². The molecule has 1 unspecified atom stereocenters. The normalized spacial score (nSPS) is 41.3. The molecule has 0 bridgehead atoms. The summed E-state index contributed by atoms with van der Waals surface area (Å²) >= 11 is 0. The van der Waals surface area contributed by atoms with Crippen molar-refractivity contribution >= 4 is 12.2 Å². The molecule has 0 heterocycles. The molecule has 0 amide bonds. The number of carbonyl (C=O) groups excluding carboxylic acids is 1. The van der Waals surface area contributed by atoms with Gasteiger partial charge in [0.1, 0.15) is 6.10 Å². The monoisotopic (exact) mass is 455 g/mol. The van der Waals surface area contributed by atoms with Crippen LogP contribution in [0.2, 0.25) is 0 Å². The first kappa shape index (κ1) is 25.0. The molecule has 0 aliphatic heterocycles. The molecule has 0 saturated heterocycles. The number of nitrogens with zero attached hydrogens (tertiary/aromatic N) is 1. The molecule has 0 N–H and O–H groups in total. The van der Waals surface area contributed by atoms with E-state index in [4.69, 9.17) is 9.73 Å². The van der Waals surface area contributed by atoms with E-state index in [1.807, 2.05) is 6.92 Å². The van der Waals surface area contributed by atoms with Crippen molar-refractivity contribution in [2.24, 2.45) is 51.3 Å². The number of hydrogen-bond donors (Lipinski definition) is 0. The number of esters is 1. The minimum Gasteiger partial charge on any atom is -0.462 e. The van der Waals surface area contributed by atoms with Gasteiger partial charge in [-0.05, 0) is 97.7 Å². The number of aliphatic imine (C=N–C) groups is 1. The van der Waals surface area contributed by atoms with E-state index in [1.54, 1.807) is 5.57 Å². The number of hydrogen-bond acceptors (Lipinski definition) is 3. The van der Waals surface area contributed by atoms with Gasteiger partial charge in [-0.1, -0.05) is 53.2 Å². The van der Waals surface area contributed by atoms with E-state index < -0.39 is 0 Å². The second-order valence-electron chi connectivity index (χ2n) is 12.8. The molecular weight excluding hydrogens is 406 g/mol. The summed E-state index contributed by atoms with van der Waals surface area (Å²) < 4.78 is 5.76. The lowest BCUT2D eigenvalue weighted by atomic mass is 9.47. The highest BCUT2D eigenvalue weighted by atomic mass is 16.5. The van der Waals surface area contributed by atoms with Crippen molar-refractivity contribution in [3.8, 4) is 0 Å². The highest BCUT2D eigenvalue weighted by Gasteiger charge is 2.59. The van der Waals surface area contributed by atoms with E-state index in [9.17, 15) is 4.79 Å². The molecule has 0 spiro atoms. The molecule has 186 valence electrons. The van der Waals surface area contributed by atoms with Gasteiger partial charge < -0.3 is 4.74 Å². The molecular formula is C30H49NO2. The predicted molar refractivity (Wildman–Crippen MR) is 137 cm³/mol. The van der Waals surface area contributed by atoms with Gasteiger partial charge in [0.05, 0.1) is 0 Å². The molecule has 3 nitrogen and oxygen atoms in total. The number of allylic oxidation sites excluding steroid dienone is 1. The average Bonchev–Trinajstić information content (AvgIpc) is 3.14. The van der Waals surface area contributed by atoms with Crippen LogP contribution in [0.5, 0.6) is 0 Å². The van der Waals surface area contributed by atoms with E-state index in [1.165, 1.54) is 44.9 Å². The van der Waals surface area contributed by atoms with Crippen LogP contribution in [-0.4, -0.2) is 24.8 Å². The van der Waals surface area contributed by atoms with Gasteiger partial charge in [-0.25, -0.2) is 0 Å². The standard InChI is InChI=1S/C30H49NO2/c1-7-28(32)33-23-12-15-29(5)22(18-23)8-9-24-26-11-10-25(30(26,6)16-13-27(24)29)21(4)19-31-17-14-20(2)3/h8,19-21,23-27H,7,9-18H2,1-6H3/b31-19+/t21-,23+,24+,25-,26?,27+,29+,30-/m1/s1. The van der Waals surface area contributed by atoms with Crippen molar-refractivity contribution in [3.05, 3.63) is 11.6 Å². The zero-order valence-corrected chi connectivity index (χ0v) is 22.2. The lowest BCUT2D eigenvalue weighted by Gasteiger charge is -2.58. The fourth-order valence-electron chi connectivity index (χ4n) is 8.58.